The van der Waals surface area contributed by atoms with Crippen LogP contribution in [0.15, 0.2) is 67.0 Å². The Balaban J connectivity index is 1.54. The first-order chi connectivity index (χ1) is 12.2. The molecule has 3 rings (SSSR count). The number of hydrogen-bond acceptors (Lipinski definition) is 4. The monoisotopic (exact) mass is 337 g/mol. The smallest absolute Gasteiger partial charge is 0.258 e. The standard InChI is InChI=1S/C19H19N3O3/c23-17-8-3-4-9-18(17)25-14-19(24)20-12-15-6-1-2-7-16(15)13-22-11-5-10-21-22/h1-11,23H,12-14H2,(H,20,24). The molecule has 0 radical (unpaired) electrons. The number of aromatic hydroxyl groups is 1. The highest BCUT2D eigenvalue weighted by molar-refractivity contribution is 5.77. The normalized spacial score (nSPS) is 10.4. The first-order valence-electron chi connectivity index (χ1n) is 7.94. The van der Waals surface area contributed by atoms with Crippen molar-refractivity contribution < 1.29 is 14.6 Å². The number of rotatable bonds is 7. The summed E-state index contributed by atoms with van der Waals surface area (Å²) in [5.74, 6) is 0.0498. The van der Waals surface area contributed by atoms with Gasteiger partial charge in [0.05, 0.1) is 6.54 Å². The number of ether oxygens (including phenoxy) is 1. The average Bonchev–Trinajstić information content (AvgIpc) is 3.13. The van der Waals surface area contributed by atoms with Crippen LogP contribution >= 0.6 is 0 Å². The van der Waals surface area contributed by atoms with E-state index >= 15 is 0 Å². The number of phenols is 1. The summed E-state index contributed by atoms with van der Waals surface area (Å²) in [4.78, 5) is 12.0. The van der Waals surface area contributed by atoms with E-state index in [4.69, 9.17) is 4.74 Å². The number of hydrogen-bond donors (Lipinski definition) is 2. The summed E-state index contributed by atoms with van der Waals surface area (Å²) < 4.78 is 7.16. The highest BCUT2D eigenvalue weighted by Gasteiger charge is 2.08. The van der Waals surface area contributed by atoms with Crippen molar-refractivity contribution in [2.75, 3.05) is 6.61 Å². The molecule has 0 unspecified atom stereocenters. The van der Waals surface area contributed by atoms with Gasteiger partial charge >= 0.3 is 0 Å². The third-order valence-corrected chi connectivity index (χ3v) is 3.71. The fourth-order valence-electron chi connectivity index (χ4n) is 2.42. The second-order valence-electron chi connectivity index (χ2n) is 5.51. The molecule has 0 aliphatic rings. The third kappa shape index (κ3) is 4.60. The van der Waals surface area contributed by atoms with Crippen molar-refractivity contribution in [3.8, 4) is 11.5 Å². The Morgan fingerprint density at radius 1 is 1.08 bits per heavy atom. The molecule has 0 atom stereocenters. The second-order valence-corrected chi connectivity index (χ2v) is 5.51. The predicted octanol–water partition coefficient (Wildman–Crippen LogP) is 2.33. The van der Waals surface area contributed by atoms with Crippen LogP contribution in [-0.4, -0.2) is 27.4 Å². The molecule has 0 aliphatic heterocycles. The quantitative estimate of drug-likeness (QED) is 0.694. The molecule has 6 heteroatoms. The number of benzene rings is 2. The molecule has 2 N–H and O–H groups in total. The van der Waals surface area contributed by atoms with Crippen LogP contribution in [0.5, 0.6) is 11.5 Å². The fourth-order valence-corrected chi connectivity index (χ4v) is 2.42. The lowest BCUT2D eigenvalue weighted by Gasteiger charge is -2.12. The van der Waals surface area contributed by atoms with Crippen LogP contribution in [0.2, 0.25) is 0 Å². The number of phenolic OH excluding ortho intramolecular Hbond substituents is 1. The van der Waals surface area contributed by atoms with Crippen LogP contribution in [-0.2, 0) is 17.9 Å². The Labute approximate surface area is 145 Å². The molecular weight excluding hydrogens is 318 g/mol. The molecule has 0 spiro atoms. The maximum atomic E-state index is 12.0. The van der Waals surface area contributed by atoms with Gasteiger partial charge in [-0.05, 0) is 29.3 Å². The highest BCUT2D eigenvalue weighted by Crippen LogP contribution is 2.24. The largest absolute Gasteiger partial charge is 0.504 e. The number of aromatic nitrogens is 2. The van der Waals surface area contributed by atoms with Crippen LogP contribution in [0, 0.1) is 0 Å². The summed E-state index contributed by atoms with van der Waals surface area (Å²) in [7, 11) is 0. The molecule has 0 saturated heterocycles. The lowest BCUT2D eigenvalue weighted by atomic mass is 10.1. The zero-order valence-electron chi connectivity index (χ0n) is 13.6. The lowest BCUT2D eigenvalue weighted by molar-refractivity contribution is -0.123. The van der Waals surface area contributed by atoms with Gasteiger partial charge in [0.25, 0.3) is 5.91 Å². The number of nitrogens with one attached hydrogen (secondary N) is 1. The molecule has 2 aromatic carbocycles. The maximum absolute atomic E-state index is 12.0. The average molecular weight is 337 g/mol. The molecule has 6 nitrogen and oxygen atoms in total. The number of carbonyl (C=O) groups is 1. The molecule has 0 aliphatic carbocycles. The SMILES string of the molecule is O=C(COc1ccccc1O)NCc1ccccc1Cn1cccn1. The lowest BCUT2D eigenvalue weighted by Crippen LogP contribution is -2.28. The van der Waals surface area contributed by atoms with E-state index < -0.39 is 0 Å². The number of carbonyl (C=O) groups excluding carboxylic acids is 1. The third-order valence-electron chi connectivity index (χ3n) is 3.71. The minimum absolute atomic E-state index is 0.0138. The van der Waals surface area contributed by atoms with Gasteiger partial charge in [0.2, 0.25) is 0 Å². The zero-order chi connectivity index (χ0) is 17.5. The molecule has 128 valence electrons. The molecular formula is C19H19N3O3. The van der Waals surface area contributed by atoms with Crippen molar-refractivity contribution in [3.05, 3.63) is 78.1 Å². The molecule has 3 aromatic rings. The van der Waals surface area contributed by atoms with Gasteiger partial charge in [-0.1, -0.05) is 36.4 Å². The Bertz CT molecular complexity index is 831. The molecule has 0 bridgehead atoms. The molecule has 25 heavy (non-hydrogen) atoms. The summed E-state index contributed by atoms with van der Waals surface area (Å²) in [5.41, 5.74) is 2.11. The van der Waals surface area contributed by atoms with Gasteiger partial charge in [-0.15, -0.1) is 0 Å². The first kappa shape index (κ1) is 16.6. The Kier molecular flexibility index (Phi) is 5.31. The van der Waals surface area contributed by atoms with Gasteiger partial charge in [0, 0.05) is 18.9 Å². The topological polar surface area (TPSA) is 76.4 Å². The van der Waals surface area contributed by atoms with E-state index in [0.29, 0.717) is 13.1 Å². The number of para-hydroxylation sites is 2. The van der Waals surface area contributed by atoms with E-state index in [1.807, 2.05) is 41.2 Å². The minimum atomic E-state index is -0.253. The summed E-state index contributed by atoms with van der Waals surface area (Å²) in [6, 6.07) is 16.3. The van der Waals surface area contributed by atoms with E-state index in [-0.39, 0.29) is 24.0 Å². The summed E-state index contributed by atoms with van der Waals surface area (Å²) in [6.07, 6.45) is 3.64. The molecule has 0 fully saturated rings. The van der Waals surface area contributed by atoms with Crippen molar-refractivity contribution in [1.82, 2.24) is 15.1 Å². The van der Waals surface area contributed by atoms with E-state index in [9.17, 15) is 9.90 Å². The van der Waals surface area contributed by atoms with Crippen LogP contribution in [0.25, 0.3) is 0 Å². The maximum Gasteiger partial charge on any atom is 0.258 e. The van der Waals surface area contributed by atoms with Crippen molar-refractivity contribution in [2.45, 2.75) is 13.1 Å². The Morgan fingerprint density at radius 2 is 1.84 bits per heavy atom. The van der Waals surface area contributed by atoms with Crippen LogP contribution in [0.1, 0.15) is 11.1 Å². The number of nitrogens with zero attached hydrogens (tertiary/aromatic N) is 2. The van der Waals surface area contributed by atoms with Gasteiger partial charge < -0.3 is 15.2 Å². The van der Waals surface area contributed by atoms with Crippen LogP contribution in [0.3, 0.4) is 0 Å². The minimum Gasteiger partial charge on any atom is -0.504 e. The van der Waals surface area contributed by atoms with E-state index in [2.05, 4.69) is 10.4 Å². The first-order valence-corrected chi connectivity index (χ1v) is 7.94. The van der Waals surface area contributed by atoms with E-state index in [0.717, 1.165) is 11.1 Å². The van der Waals surface area contributed by atoms with Gasteiger partial charge in [-0.25, -0.2) is 0 Å². The van der Waals surface area contributed by atoms with E-state index in [1.54, 1.807) is 24.4 Å². The van der Waals surface area contributed by atoms with Crippen LogP contribution < -0.4 is 10.1 Å². The van der Waals surface area contributed by atoms with Crippen LogP contribution in [0.4, 0.5) is 0 Å². The second kappa shape index (κ2) is 8.01. The number of amides is 1. The van der Waals surface area contributed by atoms with Gasteiger partial charge in [0.15, 0.2) is 18.1 Å². The highest BCUT2D eigenvalue weighted by atomic mass is 16.5. The van der Waals surface area contributed by atoms with Gasteiger partial charge in [0.1, 0.15) is 0 Å². The molecule has 0 saturated carbocycles. The molecule has 1 heterocycles. The Morgan fingerprint density at radius 3 is 2.60 bits per heavy atom. The van der Waals surface area contributed by atoms with Crippen molar-refractivity contribution in [3.63, 3.8) is 0 Å². The van der Waals surface area contributed by atoms with Crippen molar-refractivity contribution >= 4 is 5.91 Å². The van der Waals surface area contributed by atoms with Crippen molar-refractivity contribution in [2.24, 2.45) is 0 Å². The van der Waals surface area contributed by atoms with E-state index in [1.165, 1.54) is 6.07 Å². The molecule has 1 amide bonds. The van der Waals surface area contributed by atoms with Crippen molar-refractivity contribution in [1.29, 1.82) is 0 Å². The predicted molar refractivity (Wildman–Crippen MR) is 93.2 cm³/mol. The van der Waals surface area contributed by atoms with Gasteiger partial charge in [-0.2, -0.15) is 5.10 Å². The summed E-state index contributed by atoms with van der Waals surface area (Å²) in [6.45, 7) is 0.896. The molecule has 1 aromatic heterocycles. The van der Waals surface area contributed by atoms with Gasteiger partial charge in [-0.3, -0.25) is 9.48 Å². The summed E-state index contributed by atoms with van der Waals surface area (Å²) in [5, 5.41) is 16.7. The zero-order valence-corrected chi connectivity index (χ0v) is 13.6. The summed E-state index contributed by atoms with van der Waals surface area (Å²) >= 11 is 0. The Hall–Kier alpha value is -3.28. The fraction of sp³-hybridized carbons (Fsp3) is 0.158.